The van der Waals surface area contributed by atoms with Crippen LogP contribution in [0.1, 0.15) is 27.9 Å². The standard InChI is InChI=1S/C15H17N3O2S/c1-2-20-11-5-3-10(4-6-11)14(19)18-15-17-12-7-8-16-9-13(12)21-15/h3-6,16H,2,7-9H2,1H3,(H,17,18,19). The van der Waals surface area contributed by atoms with E-state index in [1.165, 1.54) is 16.2 Å². The Morgan fingerprint density at radius 3 is 2.95 bits per heavy atom. The summed E-state index contributed by atoms with van der Waals surface area (Å²) >= 11 is 1.54. The highest BCUT2D eigenvalue weighted by Crippen LogP contribution is 2.25. The first kappa shape index (κ1) is 14.0. The minimum atomic E-state index is -0.142. The van der Waals surface area contributed by atoms with Crippen LogP contribution < -0.4 is 15.4 Å². The van der Waals surface area contributed by atoms with Gasteiger partial charge in [0.15, 0.2) is 5.13 Å². The van der Waals surface area contributed by atoms with E-state index in [2.05, 4.69) is 15.6 Å². The van der Waals surface area contributed by atoms with Gasteiger partial charge in [-0.3, -0.25) is 10.1 Å². The number of nitrogens with zero attached hydrogens (tertiary/aromatic N) is 1. The summed E-state index contributed by atoms with van der Waals surface area (Å²) in [7, 11) is 0. The molecule has 0 aliphatic carbocycles. The lowest BCUT2D eigenvalue weighted by Gasteiger charge is -2.09. The number of aromatic nitrogens is 1. The summed E-state index contributed by atoms with van der Waals surface area (Å²) in [5.41, 5.74) is 1.70. The van der Waals surface area contributed by atoms with E-state index in [1.807, 2.05) is 6.92 Å². The molecule has 0 fully saturated rings. The predicted molar refractivity (Wildman–Crippen MR) is 83.1 cm³/mol. The number of carbonyl (C=O) groups is 1. The van der Waals surface area contributed by atoms with Crippen molar-refractivity contribution in [2.45, 2.75) is 19.9 Å². The third kappa shape index (κ3) is 3.22. The highest BCUT2D eigenvalue weighted by molar-refractivity contribution is 7.15. The Hall–Kier alpha value is -1.92. The van der Waals surface area contributed by atoms with Gasteiger partial charge >= 0.3 is 0 Å². The number of carbonyl (C=O) groups excluding carboxylic acids is 1. The molecule has 1 aromatic heterocycles. The van der Waals surface area contributed by atoms with Crippen molar-refractivity contribution in [3.63, 3.8) is 0 Å². The summed E-state index contributed by atoms with van der Waals surface area (Å²) in [4.78, 5) is 17.9. The Balaban J connectivity index is 1.69. The van der Waals surface area contributed by atoms with Crippen molar-refractivity contribution in [3.8, 4) is 5.75 Å². The zero-order valence-corrected chi connectivity index (χ0v) is 12.6. The van der Waals surface area contributed by atoms with Crippen molar-refractivity contribution in [1.29, 1.82) is 0 Å². The zero-order valence-electron chi connectivity index (χ0n) is 11.8. The minimum Gasteiger partial charge on any atom is -0.494 e. The molecule has 2 N–H and O–H groups in total. The lowest BCUT2D eigenvalue weighted by Crippen LogP contribution is -2.22. The number of amides is 1. The summed E-state index contributed by atoms with van der Waals surface area (Å²) in [6.45, 7) is 4.33. The molecule has 0 unspecified atom stereocenters. The number of thiazole rings is 1. The number of anilines is 1. The summed E-state index contributed by atoms with van der Waals surface area (Å²) in [5, 5.41) is 6.84. The minimum absolute atomic E-state index is 0.142. The lowest BCUT2D eigenvalue weighted by atomic mass is 10.2. The molecule has 6 heteroatoms. The van der Waals surface area contributed by atoms with Crippen molar-refractivity contribution >= 4 is 22.4 Å². The van der Waals surface area contributed by atoms with Crippen LogP contribution in [0.2, 0.25) is 0 Å². The van der Waals surface area contributed by atoms with Crippen LogP contribution >= 0.6 is 11.3 Å². The Morgan fingerprint density at radius 2 is 2.24 bits per heavy atom. The maximum absolute atomic E-state index is 12.2. The van der Waals surface area contributed by atoms with Crippen LogP contribution in [-0.2, 0) is 13.0 Å². The largest absolute Gasteiger partial charge is 0.494 e. The van der Waals surface area contributed by atoms with Crippen LogP contribution in [0, 0.1) is 0 Å². The van der Waals surface area contributed by atoms with Crippen LogP contribution in [0.3, 0.4) is 0 Å². The molecule has 0 atom stereocenters. The normalized spacial score (nSPS) is 13.6. The van der Waals surface area contributed by atoms with Crippen molar-refractivity contribution in [1.82, 2.24) is 10.3 Å². The number of ether oxygens (including phenoxy) is 1. The second-order valence-electron chi connectivity index (χ2n) is 4.73. The highest BCUT2D eigenvalue weighted by atomic mass is 32.1. The van der Waals surface area contributed by atoms with Gasteiger partial charge in [0.1, 0.15) is 5.75 Å². The van der Waals surface area contributed by atoms with Gasteiger partial charge in [-0.1, -0.05) is 0 Å². The Bertz CT molecular complexity index is 613. The Labute approximate surface area is 127 Å². The molecular formula is C15H17N3O2S. The van der Waals surface area contributed by atoms with E-state index in [9.17, 15) is 4.79 Å². The molecule has 110 valence electrons. The van der Waals surface area contributed by atoms with Crippen molar-refractivity contribution in [2.75, 3.05) is 18.5 Å². The maximum Gasteiger partial charge on any atom is 0.257 e. The predicted octanol–water partition coefficient (Wildman–Crippen LogP) is 2.44. The van der Waals surface area contributed by atoms with Crippen molar-refractivity contribution in [2.24, 2.45) is 0 Å². The van der Waals surface area contributed by atoms with Crippen molar-refractivity contribution < 1.29 is 9.53 Å². The molecule has 1 aliphatic heterocycles. The van der Waals surface area contributed by atoms with Gasteiger partial charge in [-0.25, -0.2) is 4.98 Å². The topological polar surface area (TPSA) is 63.2 Å². The van der Waals surface area contributed by atoms with Gasteiger partial charge in [0.05, 0.1) is 12.3 Å². The molecule has 0 saturated carbocycles. The first-order valence-electron chi connectivity index (χ1n) is 7.00. The molecule has 2 aromatic rings. The van der Waals surface area contributed by atoms with Crippen molar-refractivity contribution in [3.05, 3.63) is 40.4 Å². The van der Waals surface area contributed by atoms with Gasteiger partial charge in [-0.2, -0.15) is 0 Å². The molecule has 1 amide bonds. The quantitative estimate of drug-likeness (QED) is 0.910. The van der Waals surface area contributed by atoms with E-state index >= 15 is 0 Å². The molecular weight excluding hydrogens is 286 g/mol. The lowest BCUT2D eigenvalue weighted by molar-refractivity contribution is 0.102. The maximum atomic E-state index is 12.2. The van der Waals surface area contributed by atoms with Gasteiger partial charge in [0.2, 0.25) is 0 Å². The molecule has 2 heterocycles. The second kappa shape index (κ2) is 6.24. The third-order valence-corrected chi connectivity index (χ3v) is 4.26. The first-order valence-corrected chi connectivity index (χ1v) is 7.81. The molecule has 3 rings (SSSR count). The molecule has 0 saturated heterocycles. The molecule has 1 aliphatic rings. The van der Waals surface area contributed by atoms with E-state index < -0.39 is 0 Å². The monoisotopic (exact) mass is 303 g/mol. The van der Waals surface area contributed by atoms with E-state index in [0.717, 1.165) is 31.0 Å². The number of hydrogen-bond acceptors (Lipinski definition) is 5. The van der Waals surface area contributed by atoms with Gasteiger partial charge in [0.25, 0.3) is 5.91 Å². The molecule has 5 nitrogen and oxygen atoms in total. The van der Waals surface area contributed by atoms with Gasteiger partial charge < -0.3 is 10.1 Å². The summed E-state index contributed by atoms with van der Waals surface area (Å²) in [5.74, 6) is 0.627. The summed E-state index contributed by atoms with van der Waals surface area (Å²) < 4.78 is 5.37. The van der Waals surface area contributed by atoms with Crippen LogP contribution in [0.25, 0.3) is 0 Å². The number of nitrogens with one attached hydrogen (secondary N) is 2. The first-order chi connectivity index (χ1) is 10.3. The molecule has 21 heavy (non-hydrogen) atoms. The average molecular weight is 303 g/mol. The fourth-order valence-corrected chi connectivity index (χ4v) is 3.19. The number of rotatable bonds is 4. The van der Waals surface area contributed by atoms with E-state index in [-0.39, 0.29) is 5.91 Å². The Morgan fingerprint density at radius 1 is 1.43 bits per heavy atom. The number of hydrogen-bond donors (Lipinski definition) is 2. The fourth-order valence-electron chi connectivity index (χ4n) is 2.22. The van der Waals surface area contributed by atoms with Crippen LogP contribution in [0.15, 0.2) is 24.3 Å². The van der Waals surface area contributed by atoms with E-state index in [4.69, 9.17) is 4.74 Å². The SMILES string of the molecule is CCOc1ccc(C(=O)Nc2nc3c(s2)CNCC3)cc1. The van der Waals surface area contributed by atoms with Crippen LogP contribution in [-0.4, -0.2) is 24.0 Å². The zero-order chi connectivity index (χ0) is 14.7. The fraction of sp³-hybridized carbons (Fsp3) is 0.333. The number of benzene rings is 1. The van der Waals surface area contributed by atoms with E-state index in [0.29, 0.717) is 17.3 Å². The van der Waals surface area contributed by atoms with Gasteiger partial charge in [-0.05, 0) is 31.2 Å². The summed E-state index contributed by atoms with van der Waals surface area (Å²) in [6, 6.07) is 7.12. The van der Waals surface area contributed by atoms with Crippen LogP contribution in [0.5, 0.6) is 5.75 Å². The smallest absolute Gasteiger partial charge is 0.257 e. The summed E-state index contributed by atoms with van der Waals surface area (Å²) in [6.07, 6.45) is 0.921. The second-order valence-corrected chi connectivity index (χ2v) is 5.81. The van der Waals surface area contributed by atoms with Crippen LogP contribution in [0.4, 0.5) is 5.13 Å². The van der Waals surface area contributed by atoms with E-state index in [1.54, 1.807) is 24.3 Å². The van der Waals surface area contributed by atoms with Gasteiger partial charge in [-0.15, -0.1) is 11.3 Å². The molecule has 0 spiro atoms. The molecule has 1 aromatic carbocycles. The number of fused-ring (bicyclic) bond motifs is 1. The molecule has 0 bridgehead atoms. The molecule has 0 radical (unpaired) electrons. The average Bonchev–Trinajstić information content (AvgIpc) is 2.90. The Kier molecular flexibility index (Phi) is 4.17. The third-order valence-electron chi connectivity index (χ3n) is 3.25. The van der Waals surface area contributed by atoms with Gasteiger partial charge in [0, 0.05) is 30.0 Å². The highest BCUT2D eigenvalue weighted by Gasteiger charge is 2.16.